The van der Waals surface area contributed by atoms with Crippen molar-refractivity contribution in [2.45, 2.75) is 13.8 Å². The average molecular weight is 249 g/mol. The fraction of sp³-hybridized carbons (Fsp3) is 0.778. The van der Waals surface area contributed by atoms with E-state index < -0.39 is 0 Å². The van der Waals surface area contributed by atoms with Crippen LogP contribution in [0.4, 0.5) is 5.82 Å². The van der Waals surface area contributed by atoms with E-state index in [1.165, 1.54) is 0 Å². The van der Waals surface area contributed by atoms with Crippen LogP contribution in [0.2, 0.25) is 5.15 Å². The normalized spacial score (nSPS) is 12.1. The maximum atomic E-state index is 5.84. The Morgan fingerprint density at radius 2 is 2.07 bits per heavy atom. The highest BCUT2D eigenvalue weighted by Crippen LogP contribution is 2.21. The molecule has 0 unspecified atom stereocenters. The topological polar surface area (TPSA) is 41.0 Å². The van der Waals surface area contributed by atoms with Gasteiger partial charge in [-0.2, -0.15) is 8.75 Å². The van der Waals surface area contributed by atoms with Gasteiger partial charge in [0, 0.05) is 13.1 Å². The quantitative estimate of drug-likeness (QED) is 0.868. The molecule has 0 aliphatic rings. The zero-order valence-electron chi connectivity index (χ0n) is 9.54. The van der Waals surface area contributed by atoms with Gasteiger partial charge in [-0.3, -0.25) is 0 Å². The molecule has 1 aromatic rings. The predicted octanol–water partition coefficient (Wildman–Crippen LogP) is 2.19. The molecule has 0 aromatic carbocycles. The minimum Gasteiger partial charge on any atom is -0.366 e. The second-order valence-electron chi connectivity index (χ2n) is 4.66. The van der Waals surface area contributed by atoms with Crippen molar-refractivity contribution in [3.8, 4) is 0 Å². The van der Waals surface area contributed by atoms with Crippen molar-refractivity contribution in [1.82, 2.24) is 13.6 Å². The molecule has 1 aromatic heterocycles. The van der Waals surface area contributed by atoms with E-state index in [0.717, 1.165) is 24.8 Å². The highest BCUT2D eigenvalue weighted by atomic mass is 35.5. The molecule has 0 bridgehead atoms. The zero-order chi connectivity index (χ0) is 11.5. The molecule has 1 rings (SSSR count). The van der Waals surface area contributed by atoms with Gasteiger partial charge in [-0.25, -0.2) is 0 Å². The van der Waals surface area contributed by atoms with Gasteiger partial charge in [-0.15, -0.1) is 0 Å². The van der Waals surface area contributed by atoms with Crippen molar-refractivity contribution >= 4 is 29.1 Å². The summed E-state index contributed by atoms with van der Waals surface area (Å²) in [5.74, 6) is 0.688. The van der Waals surface area contributed by atoms with Crippen LogP contribution in [0.1, 0.15) is 13.8 Å². The molecule has 0 radical (unpaired) electrons. The minimum absolute atomic E-state index is 0.177. The van der Waals surface area contributed by atoms with Gasteiger partial charge in [-0.1, -0.05) is 25.4 Å². The summed E-state index contributed by atoms with van der Waals surface area (Å²) in [6, 6.07) is 0. The van der Waals surface area contributed by atoms with Gasteiger partial charge >= 0.3 is 0 Å². The van der Waals surface area contributed by atoms with Crippen molar-refractivity contribution in [2.75, 3.05) is 32.5 Å². The Morgan fingerprint density at radius 1 is 1.40 bits per heavy atom. The number of rotatable bonds is 5. The van der Waals surface area contributed by atoms with E-state index in [2.05, 4.69) is 46.9 Å². The van der Waals surface area contributed by atoms with Crippen molar-refractivity contribution in [3.63, 3.8) is 0 Å². The van der Waals surface area contributed by atoms with E-state index in [-0.39, 0.29) is 5.41 Å². The molecule has 15 heavy (non-hydrogen) atoms. The van der Waals surface area contributed by atoms with E-state index >= 15 is 0 Å². The molecule has 1 heterocycles. The number of nitrogens with zero attached hydrogens (tertiary/aromatic N) is 3. The van der Waals surface area contributed by atoms with E-state index in [9.17, 15) is 0 Å². The lowest BCUT2D eigenvalue weighted by Crippen LogP contribution is -2.34. The van der Waals surface area contributed by atoms with E-state index in [1.54, 1.807) is 0 Å². The van der Waals surface area contributed by atoms with E-state index in [1.807, 2.05) is 0 Å². The molecule has 4 nitrogen and oxygen atoms in total. The second-order valence-corrected chi connectivity index (χ2v) is 5.55. The van der Waals surface area contributed by atoms with Crippen molar-refractivity contribution in [2.24, 2.45) is 5.41 Å². The Bertz CT molecular complexity index is 311. The molecule has 0 fully saturated rings. The fourth-order valence-electron chi connectivity index (χ4n) is 1.52. The first kappa shape index (κ1) is 12.7. The summed E-state index contributed by atoms with van der Waals surface area (Å²) in [5.41, 5.74) is 0.177. The highest BCUT2D eigenvalue weighted by Gasteiger charge is 2.19. The fourth-order valence-corrected chi connectivity index (χ4v) is 2.20. The predicted molar refractivity (Wildman–Crippen MR) is 65.7 cm³/mol. The van der Waals surface area contributed by atoms with Gasteiger partial charge in [0.1, 0.15) is 0 Å². The van der Waals surface area contributed by atoms with Crippen LogP contribution in [-0.2, 0) is 0 Å². The van der Waals surface area contributed by atoms with Crippen molar-refractivity contribution < 1.29 is 0 Å². The molecule has 0 saturated carbocycles. The minimum atomic E-state index is 0.177. The molecular formula is C9H17ClN4S. The zero-order valence-corrected chi connectivity index (χ0v) is 11.1. The summed E-state index contributed by atoms with van der Waals surface area (Å²) in [7, 11) is 4.14. The monoisotopic (exact) mass is 248 g/mol. The number of nitrogens with one attached hydrogen (secondary N) is 1. The lowest BCUT2D eigenvalue weighted by atomic mass is 9.93. The summed E-state index contributed by atoms with van der Waals surface area (Å²) in [4.78, 5) is 2.17. The Morgan fingerprint density at radius 3 is 2.53 bits per heavy atom. The molecule has 86 valence electrons. The van der Waals surface area contributed by atoms with Gasteiger partial charge < -0.3 is 10.2 Å². The van der Waals surface area contributed by atoms with Crippen molar-refractivity contribution in [3.05, 3.63) is 5.15 Å². The Balaban J connectivity index is 2.46. The summed E-state index contributed by atoms with van der Waals surface area (Å²) in [6.45, 7) is 6.24. The number of aromatic nitrogens is 2. The van der Waals surface area contributed by atoms with Crippen molar-refractivity contribution in [1.29, 1.82) is 0 Å². The third-order valence-corrected chi connectivity index (χ3v) is 2.82. The second kappa shape index (κ2) is 5.09. The van der Waals surface area contributed by atoms with Crippen LogP contribution in [-0.4, -0.2) is 40.8 Å². The standard InChI is InChI=1S/C9H17ClN4S/c1-9(2,6-14(3)4)5-11-8-7(10)12-15-13-8/h5-6H2,1-4H3,(H,11,13). The molecular weight excluding hydrogens is 232 g/mol. The Kier molecular flexibility index (Phi) is 4.31. The molecule has 0 aliphatic carbocycles. The third kappa shape index (κ3) is 4.32. The molecule has 0 saturated heterocycles. The SMILES string of the molecule is CN(C)CC(C)(C)CNc1nsnc1Cl. The molecule has 6 heteroatoms. The van der Waals surface area contributed by atoms with Gasteiger partial charge in [-0.05, 0) is 19.5 Å². The lowest BCUT2D eigenvalue weighted by molar-refractivity contribution is 0.254. The summed E-state index contributed by atoms with van der Waals surface area (Å²) in [5, 5.41) is 3.68. The first-order valence-corrected chi connectivity index (χ1v) is 5.88. The van der Waals surface area contributed by atoms with Crippen LogP contribution in [0.25, 0.3) is 0 Å². The third-order valence-electron chi connectivity index (χ3n) is 1.93. The van der Waals surface area contributed by atoms with E-state index in [4.69, 9.17) is 11.6 Å². The largest absolute Gasteiger partial charge is 0.366 e. The van der Waals surface area contributed by atoms with Gasteiger partial charge in [0.25, 0.3) is 0 Å². The number of halogens is 1. The van der Waals surface area contributed by atoms with Crippen LogP contribution in [0.3, 0.4) is 0 Å². The summed E-state index contributed by atoms with van der Waals surface area (Å²) >= 11 is 6.96. The van der Waals surface area contributed by atoms with Crippen LogP contribution >= 0.6 is 23.3 Å². The van der Waals surface area contributed by atoms with Gasteiger partial charge in [0.2, 0.25) is 0 Å². The number of hydrogen-bond acceptors (Lipinski definition) is 5. The molecule has 1 N–H and O–H groups in total. The molecule has 0 atom stereocenters. The highest BCUT2D eigenvalue weighted by molar-refractivity contribution is 6.99. The van der Waals surface area contributed by atoms with Gasteiger partial charge in [0.05, 0.1) is 11.7 Å². The smallest absolute Gasteiger partial charge is 0.186 e. The first-order valence-electron chi connectivity index (χ1n) is 4.77. The van der Waals surface area contributed by atoms with Crippen LogP contribution in [0, 0.1) is 5.41 Å². The molecule has 0 spiro atoms. The number of hydrogen-bond donors (Lipinski definition) is 1. The van der Waals surface area contributed by atoms with E-state index in [0.29, 0.717) is 11.0 Å². The van der Waals surface area contributed by atoms with Crippen LogP contribution < -0.4 is 5.32 Å². The maximum absolute atomic E-state index is 5.84. The van der Waals surface area contributed by atoms with Gasteiger partial charge in [0.15, 0.2) is 11.0 Å². The van der Waals surface area contributed by atoms with Crippen LogP contribution in [0.15, 0.2) is 0 Å². The Labute approximate surface area is 100.0 Å². The number of anilines is 1. The summed E-state index contributed by atoms with van der Waals surface area (Å²) in [6.07, 6.45) is 0. The summed E-state index contributed by atoms with van der Waals surface area (Å²) < 4.78 is 7.97. The molecule has 0 amide bonds. The molecule has 0 aliphatic heterocycles. The van der Waals surface area contributed by atoms with Crippen LogP contribution in [0.5, 0.6) is 0 Å². The maximum Gasteiger partial charge on any atom is 0.186 e. The first-order chi connectivity index (χ1) is 6.91. The average Bonchev–Trinajstić information content (AvgIpc) is 2.45. The lowest BCUT2D eigenvalue weighted by Gasteiger charge is -2.28. The Hall–Kier alpha value is -0.390.